The molecular weight excluding hydrogens is 402 g/mol. The Morgan fingerprint density at radius 3 is 2.66 bits per heavy atom. The number of benzene rings is 1. The minimum absolute atomic E-state index is 0.00487. The van der Waals surface area contributed by atoms with Crippen LogP contribution in [0.2, 0.25) is 0 Å². The summed E-state index contributed by atoms with van der Waals surface area (Å²) in [7, 11) is -1.26. The average molecular weight is 428 g/mol. The maximum absolute atomic E-state index is 12.5. The second kappa shape index (κ2) is 10.4. The Hall–Kier alpha value is -2.38. The van der Waals surface area contributed by atoms with E-state index < -0.39 is 10.8 Å². The number of amides is 1. The van der Waals surface area contributed by atoms with Crippen molar-refractivity contribution >= 4 is 28.0 Å². The Kier molecular flexibility index (Phi) is 7.66. The van der Waals surface area contributed by atoms with E-state index in [4.69, 9.17) is 0 Å². The average Bonchev–Trinajstić information content (AvgIpc) is 3.09. The summed E-state index contributed by atoms with van der Waals surface area (Å²) in [5, 5.41) is 3.76. The molecule has 2 aromatic heterocycles. The van der Waals surface area contributed by atoms with Crippen molar-refractivity contribution in [1.82, 2.24) is 15.3 Å². The number of pyridine rings is 1. The zero-order chi connectivity index (χ0) is 20.6. The third-order valence-corrected chi connectivity index (χ3v) is 7.13. The number of carbonyl (C=O) groups excluding carboxylic acids is 1. The normalized spacial score (nSPS) is 11.9. The van der Waals surface area contributed by atoms with Crippen molar-refractivity contribution < 1.29 is 9.00 Å². The molecule has 152 valence electrons. The van der Waals surface area contributed by atoms with Crippen LogP contribution in [-0.2, 0) is 34.2 Å². The minimum atomic E-state index is -1.26. The molecule has 7 heteroatoms. The molecule has 1 N–H and O–H groups in total. The molecule has 0 saturated heterocycles. The van der Waals surface area contributed by atoms with Crippen molar-refractivity contribution in [1.29, 1.82) is 0 Å². The number of nitrogens with zero attached hydrogens (tertiary/aromatic N) is 2. The Balaban J connectivity index is 1.50. The SMILES string of the molecule is CCc1ccc(-c2nc(C)c(CS(=O)CC(=O)NCCc3cccnc3)s2)cc1. The lowest BCUT2D eigenvalue weighted by molar-refractivity contribution is -0.118. The van der Waals surface area contributed by atoms with Gasteiger partial charge in [-0.05, 0) is 37.0 Å². The van der Waals surface area contributed by atoms with Gasteiger partial charge in [-0.15, -0.1) is 11.3 Å². The molecule has 0 saturated carbocycles. The van der Waals surface area contributed by atoms with Gasteiger partial charge in [-0.1, -0.05) is 37.3 Å². The largest absolute Gasteiger partial charge is 0.355 e. The van der Waals surface area contributed by atoms with Gasteiger partial charge in [-0.2, -0.15) is 0 Å². The fourth-order valence-electron chi connectivity index (χ4n) is 2.86. The predicted molar refractivity (Wildman–Crippen MR) is 119 cm³/mol. The zero-order valence-electron chi connectivity index (χ0n) is 16.7. The summed E-state index contributed by atoms with van der Waals surface area (Å²) in [6.07, 6.45) is 5.22. The second-order valence-corrected chi connectivity index (χ2v) is 9.31. The number of rotatable bonds is 9. The lowest BCUT2D eigenvalue weighted by Crippen LogP contribution is -2.30. The van der Waals surface area contributed by atoms with E-state index in [0.717, 1.165) is 33.1 Å². The lowest BCUT2D eigenvalue weighted by atomic mass is 10.1. The van der Waals surface area contributed by atoms with Gasteiger partial charge >= 0.3 is 0 Å². The monoisotopic (exact) mass is 427 g/mol. The molecule has 1 amide bonds. The van der Waals surface area contributed by atoms with Crippen LogP contribution in [0, 0.1) is 6.92 Å². The summed E-state index contributed by atoms with van der Waals surface area (Å²) in [4.78, 5) is 21.7. The van der Waals surface area contributed by atoms with E-state index >= 15 is 0 Å². The predicted octanol–water partition coefficient (Wildman–Crippen LogP) is 3.68. The van der Waals surface area contributed by atoms with E-state index in [1.165, 1.54) is 5.56 Å². The number of aryl methyl sites for hydroxylation is 2. The third-order valence-electron chi connectivity index (χ3n) is 4.54. The molecule has 3 aromatic rings. The first-order valence-electron chi connectivity index (χ1n) is 9.61. The molecule has 1 unspecified atom stereocenters. The smallest absolute Gasteiger partial charge is 0.232 e. The molecule has 5 nitrogen and oxygen atoms in total. The molecule has 0 fully saturated rings. The van der Waals surface area contributed by atoms with Gasteiger partial charge in [0.25, 0.3) is 0 Å². The van der Waals surface area contributed by atoms with Gasteiger partial charge in [0.1, 0.15) is 10.8 Å². The van der Waals surface area contributed by atoms with E-state index in [1.54, 1.807) is 23.7 Å². The molecule has 0 radical (unpaired) electrons. The maximum atomic E-state index is 12.5. The summed E-state index contributed by atoms with van der Waals surface area (Å²) in [6, 6.07) is 12.2. The van der Waals surface area contributed by atoms with Crippen LogP contribution in [0.3, 0.4) is 0 Å². The number of aromatic nitrogens is 2. The van der Waals surface area contributed by atoms with Gasteiger partial charge in [-0.3, -0.25) is 14.0 Å². The summed E-state index contributed by atoms with van der Waals surface area (Å²) in [5.74, 6) is 0.169. The number of carbonyl (C=O) groups is 1. The van der Waals surface area contributed by atoms with E-state index in [-0.39, 0.29) is 11.7 Å². The van der Waals surface area contributed by atoms with Crippen molar-refractivity contribution in [3.8, 4) is 10.6 Å². The Morgan fingerprint density at radius 2 is 1.97 bits per heavy atom. The Bertz CT molecular complexity index is 969. The van der Waals surface area contributed by atoms with Crippen molar-refractivity contribution in [2.24, 2.45) is 0 Å². The van der Waals surface area contributed by atoms with Gasteiger partial charge in [0.05, 0.1) is 11.4 Å². The van der Waals surface area contributed by atoms with E-state index in [1.807, 2.05) is 19.1 Å². The summed E-state index contributed by atoms with van der Waals surface area (Å²) in [6.45, 7) is 4.57. The fourth-order valence-corrected chi connectivity index (χ4v) is 5.35. The van der Waals surface area contributed by atoms with Gasteiger partial charge in [0, 0.05) is 40.2 Å². The summed E-state index contributed by atoms with van der Waals surface area (Å²) < 4.78 is 12.5. The van der Waals surface area contributed by atoms with E-state index in [9.17, 15) is 9.00 Å². The lowest BCUT2D eigenvalue weighted by Gasteiger charge is -2.05. The molecular formula is C22H25N3O2S2. The zero-order valence-corrected chi connectivity index (χ0v) is 18.3. The summed E-state index contributed by atoms with van der Waals surface area (Å²) in [5.41, 5.74) is 4.31. The van der Waals surface area contributed by atoms with Crippen molar-refractivity contribution in [3.63, 3.8) is 0 Å². The molecule has 29 heavy (non-hydrogen) atoms. The number of thiazole rings is 1. The molecule has 0 aliphatic rings. The first kappa shape index (κ1) is 21.3. The summed E-state index contributed by atoms with van der Waals surface area (Å²) >= 11 is 1.55. The topological polar surface area (TPSA) is 72.0 Å². The minimum Gasteiger partial charge on any atom is -0.355 e. The van der Waals surface area contributed by atoms with Crippen LogP contribution in [0.15, 0.2) is 48.8 Å². The number of hydrogen-bond donors (Lipinski definition) is 1. The highest BCUT2D eigenvalue weighted by molar-refractivity contribution is 7.85. The Morgan fingerprint density at radius 1 is 1.17 bits per heavy atom. The maximum Gasteiger partial charge on any atom is 0.232 e. The molecule has 1 aromatic carbocycles. The first-order chi connectivity index (χ1) is 14.0. The van der Waals surface area contributed by atoms with Crippen LogP contribution in [0.1, 0.15) is 28.6 Å². The highest BCUT2D eigenvalue weighted by Crippen LogP contribution is 2.29. The molecule has 0 bridgehead atoms. The van der Waals surface area contributed by atoms with E-state index in [0.29, 0.717) is 18.7 Å². The van der Waals surface area contributed by atoms with Crippen LogP contribution in [0.25, 0.3) is 10.6 Å². The molecule has 0 aliphatic carbocycles. The first-order valence-corrected chi connectivity index (χ1v) is 11.9. The van der Waals surface area contributed by atoms with Crippen LogP contribution in [0.4, 0.5) is 0 Å². The molecule has 3 rings (SSSR count). The quantitative estimate of drug-likeness (QED) is 0.565. The molecule has 0 aliphatic heterocycles. The highest BCUT2D eigenvalue weighted by Gasteiger charge is 2.14. The highest BCUT2D eigenvalue weighted by atomic mass is 32.2. The molecule has 2 heterocycles. The van der Waals surface area contributed by atoms with Crippen LogP contribution >= 0.6 is 11.3 Å². The van der Waals surface area contributed by atoms with Gasteiger partial charge in [0.15, 0.2) is 0 Å². The van der Waals surface area contributed by atoms with Crippen LogP contribution in [0.5, 0.6) is 0 Å². The standard InChI is InChI=1S/C22H25N3O2S2/c1-3-17-6-8-19(9-7-17)22-25-16(2)20(28-22)14-29(27)15-21(26)24-12-10-18-5-4-11-23-13-18/h4-9,11,13H,3,10,12,14-15H2,1-2H3,(H,24,26). The van der Waals surface area contributed by atoms with E-state index in [2.05, 4.69) is 46.5 Å². The number of hydrogen-bond acceptors (Lipinski definition) is 5. The van der Waals surface area contributed by atoms with Crippen molar-refractivity contribution in [2.45, 2.75) is 32.4 Å². The van der Waals surface area contributed by atoms with Crippen molar-refractivity contribution in [2.75, 3.05) is 12.3 Å². The van der Waals surface area contributed by atoms with Crippen LogP contribution in [-0.4, -0.2) is 32.4 Å². The second-order valence-electron chi connectivity index (χ2n) is 6.77. The molecule has 1 atom stereocenters. The Labute approximate surface area is 178 Å². The van der Waals surface area contributed by atoms with Gasteiger partial charge in [-0.25, -0.2) is 4.98 Å². The van der Waals surface area contributed by atoms with Gasteiger partial charge < -0.3 is 5.32 Å². The fraction of sp³-hybridized carbons (Fsp3) is 0.318. The third kappa shape index (κ3) is 6.30. The van der Waals surface area contributed by atoms with Crippen molar-refractivity contribution in [3.05, 3.63) is 70.5 Å². The number of nitrogens with one attached hydrogen (secondary N) is 1. The van der Waals surface area contributed by atoms with Gasteiger partial charge in [0.2, 0.25) is 5.91 Å². The van der Waals surface area contributed by atoms with Crippen LogP contribution < -0.4 is 5.32 Å². The molecule has 0 spiro atoms.